The van der Waals surface area contributed by atoms with Gasteiger partial charge in [0.15, 0.2) is 0 Å². The van der Waals surface area contributed by atoms with Crippen molar-refractivity contribution >= 4 is 21.8 Å². The summed E-state index contributed by atoms with van der Waals surface area (Å²) >= 11 is 0. The van der Waals surface area contributed by atoms with Crippen molar-refractivity contribution < 1.29 is 4.39 Å². The summed E-state index contributed by atoms with van der Waals surface area (Å²) in [6, 6.07) is 5.90. The van der Waals surface area contributed by atoms with E-state index in [2.05, 4.69) is 20.1 Å². The summed E-state index contributed by atoms with van der Waals surface area (Å²) in [5, 5.41) is 3.83. The van der Waals surface area contributed by atoms with Crippen LogP contribution in [0.3, 0.4) is 0 Å². The fourth-order valence-electron chi connectivity index (χ4n) is 2.28. The summed E-state index contributed by atoms with van der Waals surface area (Å²) in [6.07, 6.45) is 4.54. The maximum Gasteiger partial charge on any atom is 0.283 e. The number of aromatic nitrogens is 5. The molecular formula is C14H8FN5O. The highest BCUT2D eigenvalue weighted by molar-refractivity contribution is 6.02. The molecule has 0 atom stereocenters. The number of hydrogen-bond acceptors (Lipinski definition) is 4. The van der Waals surface area contributed by atoms with E-state index >= 15 is 0 Å². The van der Waals surface area contributed by atoms with Gasteiger partial charge in [-0.3, -0.25) is 14.9 Å². The average molecular weight is 281 g/mol. The zero-order chi connectivity index (χ0) is 14.4. The highest BCUT2D eigenvalue weighted by atomic mass is 19.1. The van der Waals surface area contributed by atoms with Crippen molar-refractivity contribution in [2.24, 2.45) is 0 Å². The number of fused-ring (bicyclic) bond motifs is 3. The molecule has 102 valence electrons. The van der Waals surface area contributed by atoms with Crippen molar-refractivity contribution in [1.82, 2.24) is 24.7 Å². The minimum Gasteiger partial charge on any atom is -0.287 e. The zero-order valence-electron chi connectivity index (χ0n) is 10.6. The van der Waals surface area contributed by atoms with Crippen LogP contribution in [-0.2, 0) is 0 Å². The Morgan fingerprint density at radius 3 is 2.71 bits per heavy atom. The summed E-state index contributed by atoms with van der Waals surface area (Å²) < 4.78 is 14.7. The lowest BCUT2D eigenvalue weighted by atomic mass is 10.2. The van der Waals surface area contributed by atoms with E-state index in [9.17, 15) is 9.18 Å². The Labute approximate surface area is 116 Å². The molecule has 7 heteroatoms. The molecule has 0 aliphatic rings. The van der Waals surface area contributed by atoms with Gasteiger partial charge in [-0.15, -0.1) is 0 Å². The number of pyridine rings is 1. The molecular weight excluding hydrogens is 273 g/mol. The Hall–Kier alpha value is -3.09. The van der Waals surface area contributed by atoms with E-state index in [0.29, 0.717) is 21.8 Å². The van der Waals surface area contributed by atoms with Crippen LogP contribution in [0.2, 0.25) is 0 Å². The molecule has 4 aromatic rings. The first-order chi connectivity index (χ1) is 10.2. The van der Waals surface area contributed by atoms with Crippen molar-refractivity contribution in [3.05, 3.63) is 59.0 Å². The summed E-state index contributed by atoms with van der Waals surface area (Å²) in [4.78, 5) is 24.6. The van der Waals surface area contributed by atoms with Crippen LogP contribution in [0.4, 0.5) is 4.39 Å². The first-order valence-electron chi connectivity index (χ1n) is 6.20. The molecule has 0 aliphatic carbocycles. The average Bonchev–Trinajstić information content (AvgIpc) is 2.86. The van der Waals surface area contributed by atoms with Crippen LogP contribution in [0.1, 0.15) is 0 Å². The summed E-state index contributed by atoms with van der Waals surface area (Å²) in [7, 11) is 0. The Bertz CT molecular complexity index is 1020. The molecule has 4 rings (SSSR count). The van der Waals surface area contributed by atoms with Gasteiger partial charge in [-0.05, 0) is 24.3 Å². The zero-order valence-corrected chi connectivity index (χ0v) is 10.6. The summed E-state index contributed by atoms with van der Waals surface area (Å²) in [5.41, 5.74) is 0.790. The minimum atomic E-state index is -0.388. The second kappa shape index (κ2) is 4.20. The lowest BCUT2D eigenvalue weighted by Crippen LogP contribution is -2.16. The van der Waals surface area contributed by atoms with Gasteiger partial charge < -0.3 is 0 Å². The van der Waals surface area contributed by atoms with Crippen LogP contribution in [0.25, 0.3) is 27.8 Å². The van der Waals surface area contributed by atoms with Crippen LogP contribution in [0.5, 0.6) is 0 Å². The van der Waals surface area contributed by atoms with Gasteiger partial charge in [0.25, 0.3) is 11.5 Å². The minimum absolute atomic E-state index is 0.225. The molecule has 0 saturated carbocycles. The van der Waals surface area contributed by atoms with E-state index in [-0.39, 0.29) is 17.3 Å². The predicted octanol–water partition coefficient (Wildman–Crippen LogP) is 1.80. The number of benzene rings is 1. The maximum absolute atomic E-state index is 13.4. The third-order valence-electron chi connectivity index (χ3n) is 3.24. The van der Waals surface area contributed by atoms with Gasteiger partial charge in [-0.2, -0.15) is 4.68 Å². The van der Waals surface area contributed by atoms with E-state index in [1.165, 1.54) is 35.4 Å². The molecule has 0 saturated heterocycles. The monoisotopic (exact) mass is 281 g/mol. The van der Waals surface area contributed by atoms with E-state index in [4.69, 9.17) is 0 Å². The number of hydrogen-bond donors (Lipinski definition) is 1. The van der Waals surface area contributed by atoms with E-state index in [1.807, 2.05) is 0 Å². The number of halogens is 1. The molecule has 0 unspecified atom stereocenters. The highest BCUT2D eigenvalue weighted by Crippen LogP contribution is 2.21. The number of aromatic amines is 1. The number of nitrogens with zero attached hydrogens (tertiary/aromatic N) is 4. The van der Waals surface area contributed by atoms with Crippen LogP contribution >= 0.6 is 0 Å². The van der Waals surface area contributed by atoms with E-state index in [1.54, 1.807) is 12.1 Å². The standard InChI is InChI=1S/C14H8FN5O/c15-8-2-3-11-9(6-8)12-10(7-18-11)13(21)20(19-12)14-16-4-1-5-17-14/h1-7,19H. The lowest BCUT2D eigenvalue weighted by molar-refractivity contribution is 0.629. The van der Waals surface area contributed by atoms with Crippen molar-refractivity contribution in [2.75, 3.05) is 0 Å². The van der Waals surface area contributed by atoms with Crippen molar-refractivity contribution in [3.8, 4) is 5.95 Å². The van der Waals surface area contributed by atoms with Crippen LogP contribution < -0.4 is 5.56 Å². The second-order valence-electron chi connectivity index (χ2n) is 4.51. The smallest absolute Gasteiger partial charge is 0.283 e. The van der Waals surface area contributed by atoms with Gasteiger partial charge in [-0.1, -0.05) is 0 Å². The van der Waals surface area contributed by atoms with Gasteiger partial charge in [0.1, 0.15) is 5.82 Å². The molecule has 1 N–H and O–H groups in total. The van der Waals surface area contributed by atoms with Gasteiger partial charge in [0.05, 0.1) is 16.4 Å². The molecule has 6 nitrogen and oxygen atoms in total. The van der Waals surface area contributed by atoms with Crippen molar-refractivity contribution in [1.29, 1.82) is 0 Å². The normalized spacial score (nSPS) is 11.3. The fourth-order valence-corrected chi connectivity index (χ4v) is 2.28. The molecule has 3 aromatic heterocycles. The lowest BCUT2D eigenvalue weighted by Gasteiger charge is -1.98. The second-order valence-corrected chi connectivity index (χ2v) is 4.51. The molecule has 1 aromatic carbocycles. The third-order valence-corrected chi connectivity index (χ3v) is 3.24. The summed E-state index contributed by atoms with van der Waals surface area (Å²) in [5.74, 6) is -0.162. The van der Waals surface area contributed by atoms with E-state index < -0.39 is 0 Å². The Morgan fingerprint density at radius 1 is 1.10 bits per heavy atom. The summed E-state index contributed by atoms with van der Waals surface area (Å²) in [6.45, 7) is 0. The SMILES string of the molecule is O=c1c2cnc3ccc(F)cc3c2[nH]n1-c1ncccn1. The first kappa shape index (κ1) is 11.7. The molecule has 21 heavy (non-hydrogen) atoms. The molecule has 0 fully saturated rings. The van der Waals surface area contributed by atoms with Crippen molar-refractivity contribution in [3.63, 3.8) is 0 Å². The molecule has 0 radical (unpaired) electrons. The Balaban J connectivity index is 2.13. The molecule has 3 heterocycles. The molecule has 0 aliphatic heterocycles. The number of nitrogens with one attached hydrogen (secondary N) is 1. The highest BCUT2D eigenvalue weighted by Gasteiger charge is 2.13. The van der Waals surface area contributed by atoms with Gasteiger partial charge in [0, 0.05) is 24.0 Å². The quantitative estimate of drug-likeness (QED) is 0.577. The molecule has 0 amide bonds. The Morgan fingerprint density at radius 2 is 1.90 bits per heavy atom. The van der Waals surface area contributed by atoms with Gasteiger partial charge in [0.2, 0.25) is 0 Å². The first-order valence-corrected chi connectivity index (χ1v) is 6.20. The molecule has 0 bridgehead atoms. The number of rotatable bonds is 1. The van der Waals surface area contributed by atoms with Gasteiger partial charge >= 0.3 is 0 Å². The number of H-pyrrole nitrogens is 1. The topological polar surface area (TPSA) is 76.5 Å². The van der Waals surface area contributed by atoms with E-state index in [0.717, 1.165) is 0 Å². The molecule has 0 spiro atoms. The van der Waals surface area contributed by atoms with Crippen LogP contribution in [0.15, 0.2) is 47.7 Å². The third kappa shape index (κ3) is 1.71. The fraction of sp³-hybridized carbons (Fsp3) is 0. The van der Waals surface area contributed by atoms with Crippen LogP contribution in [0, 0.1) is 5.82 Å². The maximum atomic E-state index is 13.4. The largest absolute Gasteiger partial charge is 0.287 e. The van der Waals surface area contributed by atoms with Gasteiger partial charge in [-0.25, -0.2) is 14.4 Å². The van der Waals surface area contributed by atoms with Crippen molar-refractivity contribution in [2.45, 2.75) is 0 Å². The predicted molar refractivity (Wildman–Crippen MR) is 74.7 cm³/mol. The van der Waals surface area contributed by atoms with Crippen LogP contribution in [-0.4, -0.2) is 24.7 Å². The Kier molecular flexibility index (Phi) is 2.34.